The average Bonchev–Trinajstić information content (AvgIpc) is 3.05. The number of nitrogens with zero attached hydrogens (tertiary/aromatic N) is 1. The number of hydrogen-bond acceptors (Lipinski definition) is 5. The van der Waals surface area contributed by atoms with Gasteiger partial charge in [-0.1, -0.05) is 6.92 Å². The lowest BCUT2D eigenvalue weighted by Gasteiger charge is -2.07. The molecule has 19 heavy (non-hydrogen) atoms. The molecule has 0 atom stereocenters. The number of thiophene rings is 1. The van der Waals surface area contributed by atoms with Gasteiger partial charge in [-0.25, -0.2) is 13.1 Å². The van der Waals surface area contributed by atoms with Gasteiger partial charge < -0.3 is 5.32 Å². The molecular weight excluding hydrogens is 284 g/mol. The van der Waals surface area contributed by atoms with Gasteiger partial charge >= 0.3 is 0 Å². The van der Waals surface area contributed by atoms with Crippen molar-refractivity contribution in [3.8, 4) is 0 Å². The lowest BCUT2D eigenvalue weighted by atomic mass is 10.4. The molecule has 6 nitrogen and oxygen atoms in total. The number of hydrogen-bond donors (Lipinski definition) is 3. The molecule has 3 N–H and O–H groups in total. The Bertz CT molecular complexity index is 604. The molecule has 2 rings (SSSR count). The van der Waals surface area contributed by atoms with E-state index in [0.29, 0.717) is 11.4 Å². The van der Waals surface area contributed by atoms with Crippen LogP contribution in [0.25, 0.3) is 0 Å². The molecule has 0 bridgehead atoms. The minimum absolute atomic E-state index is 0.231. The van der Waals surface area contributed by atoms with Gasteiger partial charge in [0.05, 0.1) is 11.1 Å². The van der Waals surface area contributed by atoms with E-state index in [1.807, 2.05) is 6.92 Å². The molecule has 2 aromatic rings. The lowest BCUT2D eigenvalue weighted by Crippen LogP contribution is -2.24. The minimum Gasteiger partial charge on any atom is -0.312 e. The molecule has 0 spiro atoms. The van der Waals surface area contributed by atoms with Crippen molar-refractivity contribution in [1.82, 2.24) is 20.2 Å². The van der Waals surface area contributed by atoms with Crippen molar-refractivity contribution in [3.63, 3.8) is 0 Å². The summed E-state index contributed by atoms with van der Waals surface area (Å²) in [4.78, 5) is 1.17. The number of aromatic amines is 1. The molecule has 104 valence electrons. The van der Waals surface area contributed by atoms with Gasteiger partial charge in [0.2, 0.25) is 10.0 Å². The fraction of sp³-hybridized carbons (Fsp3) is 0.364. The van der Waals surface area contributed by atoms with Crippen LogP contribution in [0, 0.1) is 0 Å². The summed E-state index contributed by atoms with van der Waals surface area (Å²) in [6, 6.07) is 1.63. The van der Waals surface area contributed by atoms with Gasteiger partial charge in [-0.2, -0.15) is 5.10 Å². The molecular formula is C11H16N4O2S2. The second-order valence-electron chi connectivity index (χ2n) is 3.92. The van der Waals surface area contributed by atoms with Gasteiger partial charge in [-0.3, -0.25) is 5.10 Å². The van der Waals surface area contributed by atoms with Crippen LogP contribution in [0.2, 0.25) is 0 Å². The Labute approximate surface area is 116 Å². The van der Waals surface area contributed by atoms with E-state index in [-0.39, 0.29) is 6.54 Å². The Kier molecular flexibility index (Phi) is 4.70. The number of nitrogens with one attached hydrogen (secondary N) is 3. The molecule has 0 aliphatic carbocycles. The number of rotatable bonds is 7. The third-order valence-electron chi connectivity index (χ3n) is 2.55. The predicted molar refractivity (Wildman–Crippen MR) is 74.3 cm³/mol. The summed E-state index contributed by atoms with van der Waals surface area (Å²) in [6.07, 6.45) is 3.26. The van der Waals surface area contributed by atoms with Crippen LogP contribution < -0.4 is 10.0 Å². The second-order valence-corrected chi connectivity index (χ2v) is 6.66. The van der Waals surface area contributed by atoms with E-state index in [0.717, 1.165) is 17.0 Å². The van der Waals surface area contributed by atoms with Crippen LogP contribution in [-0.4, -0.2) is 25.2 Å². The SMILES string of the molecule is CCNCc1sccc1S(=O)(=O)NCc1cn[nH]c1. The third kappa shape index (κ3) is 3.63. The van der Waals surface area contributed by atoms with Crippen molar-refractivity contribution in [3.05, 3.63) is 34.3 Å². The molecule has 0 radical (unpaired) electrons. The van der Waals surface area contributed by atoms with Crippen molar-refractivity contribution >= 4 is 21.4 Å². The maximum Gasteiger partial charge on any atom is 0.242 e. The smallest absolute Gasteiger partial charge is 0.242 e. The van der Waals surface area contributed by atoms with Crippen LogP contribution in [0.15, 0.2) is 28.7 Å². The van der Waals surface area contributed by atoms with E-state index in [1.165, 1.54) is 11.3 Å². The molecule has 0 aliphatic heterocycles. The van der Waals surface area contributed by atoms with E-state index in [9.17, 15) is 8.42 Å². The van der Waals surface area contributed by atoms with Gasteiger partial charge in [0, 0.05) is 29.7 Å². The molecule has 8 heteroatoms. The van der Waals surface area contributed by atoms with Crippen LogP contribution >= 0.6 is 11.3 Å². The van der Waals surface area contributed by atoms with Crippen molar-refractivity contribution in [2.24, 2.45) is 0 Å². The van der Waals surface area contributed by atoms with Crippen LogP contribution in [0.3, 0.4) is 0 Å². The summed E-state index contributed by atoms with van der Waals surface area (Å²) in [5.74, 6) is 0. The first-order valence-electron chi connectivity index (χ1n) is 5.88. The molecule has 2 heterocycles. The third-order valence-corrected chi connectivity index (χ3v) is 5.09. The summed E-state index contributed by atoms with van der Waals surface area (Å²) in [5.41, 5.74) is 0.798. The van der Waals surface area contributed by atoms with Crippen LogP contribution in [0.1, 0.15) is 17.4 Å². The zero-order valence-electron chi connectivity index (χ0n) is 10.5. The summed E-state index contributed by atoms with van der Waals surface area (Å²) in [5, 5.41) is 11.3. The van der Waals surface area contributed by atoms with E-state index in [1.54, 1.807) is 23.8 Å². The van der Waals surface area contributed by atoms with Gasteiger partial charge in [0.1, 0.15) is 0 Å². The monoisotopic (exact) mass is 300 g/mol. The van der Waals surface area contributed by atoms with E-state index in [4.69, 9.17) is 0 Å². The predicted octanol–water partition coefficient (Wildman–Crippen LogP) is 1.06. The van der Waals surface area contributed by atoms with Crippen LogP contribution in [0.5, 0.6) is 0 Å². The van der Waals surface area contributed by atoms with Crippen LogP contribution in [0.4, 0.5) is 0 Å². The highest BCUT2D eigenvalue weighted by molar-refractivity contribution is 7.89. The van der Waals surface area contributed by atoms with Crippen molar-refractivity contribution in [2.45, 2.75) is 24.9 Å². The molecule has 0 unspecified atom stereocenters. The Morgan fingerprint density at radius 2 is 2.26 bits per heavy atom. The summed E-state index contributed by atoms with van der Waals surface area (Å²) >= 11 is 1.44. The van der Waals surface area contributed by atoms with E-state index in [2.05, 4.69) is 20.2 Å². The average molecular weight is 300 g/mol. The van der Waals surface area contributed by atoms with Gasteiger partial charge in [-0.15, -0.1) is 11.3 Å². The highest BCUT2D eigenvalue weighted by Gasteiger charge is 2.19. The quantitative estimate of drug-likeness (QED) is 0.713. The first kappa shape index (κ1) is 14.2. The highest BCUT2D eigenvalue weighted by Crippen LogP contribution is 2.21. The molecule has 0 fully saturated rings. The summed E-state index contributed by atoms with van der Waals surface area (Å²) < 4.78 is 27.0. The molecule has 0 saturated carbocycles. The maximum absolute atomic E-state index is 12.2. The van der Waals surface area contributed by atoms with Gasteiger partial charge in [0.25, 0.3) is 0 Å². The molecule has 0 saturated heterocycles. The summed E-state index contributed by atoms with van der Waals surface area (Å²) in [6.45, 7) is 3.59. The molecule has 0 aliphatic rings. The standard InChI is InChI=1S/C11H16N4O2S2/c1-2-12-8-10-11(3-4-18-10)19(16,17)15-7-9-5-13-14-6-9/h3-6,12,15H,2,7-8H2,1H3,(H,13,14). The first-order valence-corrected chi connectivity index (χ1v) is 8.24. The molecule has 0 aromatic carbocycles. The van der Waals surface area contributed by atoms with Gasteiger partial charge in [-0.05, 0) is 18.0 Å². The van der Waals surface area contributed by atoms with Crippen molar-refractivity contribution in [2.75, 3.05) is 6.54 Å². The van der Waals surface area contributed by atoms with E-state index >= 15 is 0 Å². The maximum atomic E-state index is 12.2. The molecule has 2 aromatic heterocycles. The lowest BCUT2D eigenvalue weighted by molar-refractivity contribution is 0.579. The Morgan fingerprint density at radius 1 is 1.42 bits per heavy atom. The fourth-order valence-corrected chi connectivity index (χ4v) is 3.99. The van der Waals surface area contributed by atoms with Crippen LogP contribution in [-0.2, 0) is 23.1 Å². The van der Waals surface area contributed by atoms with Crippen molar-refractivity contribution < 1.29 is 8.42 Å². The zero-order valence-corrected chi connectivity index (χ0v) is 12.1. The largest absolute Gasteiger partial charge is 0.312 e. The Balaban J connectivity index is 2.08. The number of H-pyrrole nitrogens is 1. The minimum atomic E-state index is -3.48. The number of sulfonamides is 1. The number of aromatic nitrogens is 2. The van der Waals surface area contributed by atoms with E-state index < -0.39 is 10.0 Å². The Morgan fingerprint density at radius 3 is 2.95 bits per heavy atom. The topological polar surface area (TPSA) is 86.9 Å². The summed E-state index contributed by atoms with van der Waals surface area (Å²) in [7, 11) is -3.48. The highest BCUT2D eigenvalue weighted by atomic mass is 32.2. The normalized spacial score (nSPS) is 11.8. The first-order chi connectivity index (χ1) is 9.13. The van der Waals surface area contributed by atoms with Crippen molar-refractivity contribution in [1.29, 1.82) is 0 Å². The van der Waals surface area contributed by atoms with Gasteiger partial charge in [0.15, 0.2) is 0 Å². The molecule has 0 amide bonds. The second kappa shape index (κ2) is 6.29. The fourth-order valence-electron chi connectivity index (χ4n) is 1.57. The zero-order chi connectivity index (χ0) is 13.7. The Hall–Kier alpha value is -1.22.